The molecule has 0 amide bonds. The first-order chi connectivity index (χ1) is 10.2. The van der Waals surface area contributed by atoms with Crippen molar-refractivity contribution in [1.82, 2.24) is 4.98 Å². The summed E-state index contributed by atoms with van der Waals surface area (Å²) in [7, 11) is 0. The average molecular weight is 293 g/mol. The van der Waals surface area contributed by atoms with Crippen LogP contribution in [0.15, 0.2) is 47.5 Å². The second-order valence-corrected chi connectivity index (χ2v) is 5.95. The summed E-state index contributed by atoms with van der Waals surface area (Å²) in [5, 5.41) is 2.00. The van der Waals surface area contributed by atoms with Crippen LogP contribution in [0.2, 0.25) is 0 Å². The van der Waals surface area contributed by atoms with E-state index in [1.807, 2.05) is 42.7 Å². The van der Waals surface area contributed by atoms with Gasteiger partial charge in [-0.25, -0.2) is 4.79 Å². The summed E-state index contributed by atoms with van der Waals surface area (Å²) in [6.45, 7) is 2.05. The Morgan fingerprint density at radius 1 is 1.10 bits per heavy atom. The van der Waals surface area contributed by atoms with E-state index in [2.05, 4.69) is 13.0 Å². The lowest BCUT2D eigenvalue weighted by molar-refractivity contribution is -0.530. The molecule has 0 atom stereocenters. The van der Waals surface area contributed by atoms with Gasteiger partial charge in [0.15, 0.2) is 0 Å². The zero-order valence-electron chi connectivity index (χ0n) is 11.8. The van der Waals surface area contributed by atoms with E-state index in [0.29, 0.717) is 0 Å². The Morgan fingerprint density at radius 3 is 2.62 bits per heavy atom. The molecule has 0 spiro atoms. The van der Waals surface area contributed by atoms with E-state index in [4.69, 9.17) is 4.98 Å². The Kier molecular flexibility index (Phi) is 2.62. The van der Waals surface area contributed by atoms with E-state index >= 15 is 0 Å². The second kappa shape index (κ2) is 4.40. The van der Waals surface area contributed by atoms with Gasteiger partial charge >= 0.3 is 11.7 Å². The van der Waals surface area contributed by atoms with Crippen molar-refractivity contribution in [2.75, 3.05) is 6.26 Å². The number of carbonyl (C=O) groups excluding carboxylic acids is 1. The second-order valence-electron chi connectivity index (χ2n) is 5.15. The van der Waals surface area contributed by atoms with Crippen LogP contribution in [-0.4, -0.2) is 17.1 Å². The monoisotopic (exact) mass is 293 g/mol. The number of benzene rings is 2. The number of rotatable bonds is 1. The molecule has 2 aromatic carbocycles. The number of carbonyl (C=O) groups is 1. The van der Waals surface area contributed by atoms with Gasteiger partial charge in [-0.15, -0.1) is 0 Å². The van der Waals surface area contributed by atoms with E-state index in [1.165, 1.54) is 5.56 Å². The summed E-state index contributed by atoms with van der Waals surface area (Å²) in [5.41, 5.74) is 3.74. The van der Waals surface area contributed by atoms with Crippen LogP contribution in [0.5, 0.6) is 0 Å². The quantitative estimate of drug-likeness (QED) is 0.307. The van der Waals surface area contributed by atoms with Gasteiger partial charge in [0.25, 0.3) is 0 Å². The summed E-state index contributed by atoms with van der Waals surface area (Å²) in [6.07, 6.45) is 2.02. The smallest absolute Gasteiger partial charge is 0.240 e. The van der Waals surface area contributed by atoms with Crippen LogP contribution in [0, 0.1) is 6.92 Å². The predicted molar refractivity (Wildman–Crippen MR) is 83.6 cm³/mol. The van der Waals surface area contributed by atoms with Crippen molar-refractivity contribution in [2.45, 2.75) is 11.9 Å². The molecule has 0 saturated carbocycles. The molecule has 4 rings (SSSR count). The third kappa shape index (κ3) is 1.66. The zero-order chi connectivity index (χ0) is 14.6. The van der Waals surface area contributed by atoms with Crippen molar-refractivity contribution < 1.29 is 9.36 Å². The molecule has 2 heterocycles. The lowest BCUT2D eigenvalue weighted by Crippen LogP contribution is -2.42. The number of hydrogen-bond donors (Lipinski definition) is 0. The number of thioether (sulfide) groups is 1. The highest BCUT2D eigenvalue weighted by atomic mass is 32.2. The van der Waals surface area contributed by atoms with Gasteiger partial charge in [-0.3, -0.25) is 0 Å². The maximum atomic E-state index is 12.7. The topological polar surface area (TPSA) is 33.8 Å². The van der Waals surface area contributed by atoms with Crippen molar-refractivity contribution in [3.8, 4) is 11.4 Å². The Balaban J connectivity index is 2.18. The third-order valence-corrected chi connectivity index (χ3v) is 4.54. The maximum Gasteiger partial charge on any atom is 0.347 e. The molecule has 0 bridgehead atoms. The predicted octanol–water partition coefficient (Wildman–Crippen LogP) is 3.22. The SMILES string of the molecule is CSc1nc2[n+](c3ccc(C)cc13)C(=O)c1ccccc1-2. The molecule has 1 aromatic heterocycles. The highest BCUT2D eigenvalue weighted by Crippen LogP contribution is 2.31. The lowest BCUT2D eigenvalue weighted by Gasteiger charge is -2.03. The number of aryl methyl sites for hydroxylation is 1. The molecular formula is C17H13N2OS+. The van der Waals surface area contributed by atoms with Crippen LogP contribution >= 0.6 is 11.8 Å². The Bertz CT molecular complexity index is 918. The fourth-order valence-electron chi connectivity index (χ4n) is 2.86. The van der Waals surface area contributed by atoms with Gasteiger partial charge in [0.1, 0.15) is 5.52 Å². The Labute approximate surface area is 126 Å². The van der Waals surface area contributed by atoms with Crippen molar-refractivity contribution in [2.24, 2.45) is 0 Å². The molecule has 0 radical (unpaired) electrons. The first-order valence-corrected chi connectivity index (χ1v) is 7.97. The van der Waals surface area contributed by atoms with Crippen LogP contribution < -0.4 is 4.57 Å². The van der Waals surface area contributed by atoms with Crippen molar-refractivity contribution in [3.05, 3.63) is 53.6 Å². The number of nitrogens with zero attached hydrogens (tertiary/aromatic N) is 2. The molecule has 3 aromatic rings. The molecule has 0 unspecified atom stereocenters. The van der Waals surface area contributed by atoms with Gasteiger partial charge < -0.3 is 0 Å². The molecule has 1 aliphatic heterocycles. The summed E-state index contributed by atoms with van der Waals surface area (Å²) in [4.78, 5) is 17.4. The molecule has 0 aliphatic carbocycles. The summed E-state index contributed by atoms with van der Waals surface area (Å²) >= 11 is 1.61. The van der Waals surface area contributed by atoms with Gasteiger partial charge in [0, 0.05) is 0 Å². The molecule has 21 heavy (non-hydrogen) atoms. The highest BCUT2D eigenvalue weighted by molar-refractivity contribution is 7.98. The fraction of sp³-hybridized carbons (Fsp3) is 0.118. The van der Waals surface area contributed by atoms with E-state index in [1.54, 1.807) is 16.3 Å². The largest absolute Gasteiger partial charge is 0.347 e. The van der Waals surface area contributed by atoms with E-state index < -0.39 is 0 Å². The third-order valence-electron chi connectivity index (χ3n) is 3.84. The lowest BCUT2D eigenvalue weighted by atomic mass is 10.1. The first-order valence-electron chi connectivity index (χ1n) is 6.75. The molecule has 0 saturated heterocycles. The van der Waals surface area contributed by atoms with Gasteiger partial charge in [-0.1, -0.05) is 35.5 Å². The summed E-state index contributed by atoms with van der Waals surface area (Å²) in [6, 6.07) is 13.8. The molecule has 0 N–H and O–H groups in total. The van der Waals surface area contributed by atoms with Crippen molar-refractivity contribution in [3.63, 3.8) is 0 Å². The molecule has 3 nitrogen and oxygen atoms in total. The van der Waals surface area contributed by atoms with E-state index in [9.17, 15) is 4.79 Å². The van der Waals surface area contributed by atoms with Crippen LogP contribution in [0.1, 0.15) is 15.9 Å². The Morgan fingerprint density at radius 2 is 1.86 bits per heavy atom. The summed E-state index contributed by atoms with van der Waals surface area (Å²) < 4.78 is 1.74. The fourth-order valence-corrected chi connectivity index (χ4v) is 3.42. The highest BCUT2D eigenvalue weighted by Gasteiger charge is 2.37. The van der Waals surface area contributed by atoms with Crippen molar-refractivity contribution in [1.29, 1.82) is 0 Å². The molecule has 1 aliphatic rings. The van der Waals surface area contributed by atoms with Gasteiger partial charge in [-0.05, 0) is 42.4 Å². The number of aromatic nitrogens is 2. The van der Waals surface area contributed by atoms with Crippen LogP contribution in [0.3, 0.4) is 0 Å². The Hall–Kier alpha value is -2.20. The number of hydrogen-bond acceptors (Lipinski definition) is 3. The average Bonchev–Trinajstić information content (AvgIpc) is 2.80. The minimum atomic E-state index is 0.00889. The van der Waals surface area contributed by atoms with Crippen LogP contribution in [0.4, 0.5) is 0 Å². The molecule has 102 valence electrons. The van der Waals surface area contributed by atoms with Gasteiger partial charge in [-0.2, -0.15) is 4.57 Å². The normalized spacial score (nSPS) is 12.6. The molecular weight excluding hydrogens is 280 g/mol. The van der Waals surface area contributed by atoms with Gasteiger partial charge in [0.2, 0.25) is 5.03 Å². The van der Waals surface area contributed by atoms with Gasteiger partial charge in [0.05, 0.1) is 16.5 Å². The van der Waals surface area contributed by atoms with E-state index in [0.717, 1.165) is 32.9 Å². The van der Waals surface area contributed by atoms with E-state index in [-0.39, 0.29) is 5.91 Å². The van der Waals surface area contributed by atoms with Crippen LogP contribution in [0.25, 0.3) is 22.3 Å². The minimum absolute atomic E-state index is 0.00889. The molecule has 0 fully saturated rings. The summed E-state index contributed by atoms with van der Waals surface area (Å²) in [5.74, 6) is 0.755. The first kappa shape index (κ1) is 12.5. The number of fused-ring (bicyclic) bond motifs is 5. The molecule has 4 heteroatoms. The van der Waals surface area contributed by atoms with Crippen molar-refractivity contribution >= 4 is 28.6 Å². The minimum Gasteiger partial charge on any atom is -0.240 e. The zero-order valence-corrected chi connectivity index (χ0v) is 12.6. The standard InChI is InChI=1S/C17H13N2OS/c1-10-7-8-14-13(9-10)16(21-2)18-15-11-5-3-4-6-12(11)17(20)19(14)15/h3-9H,1-2H3/q+1. The van der Waals surface area contributed by atoms with Crippen LogP contribution in [-0.2, 0) is 0 Å². The maximum absolute atomic E-state index is 12.7.